The van der Waals surface area contributed by atoms with Gasteiger partial charge in [-0.05, 0) is 58.2 Å². The van der Waals surface area contributed by atoms with E-state index in [4.69, 9.17) is 0 Å². The molecule has 27 heavy (non-hydrogen) atoms. The van der Waals surface area contributed by atoms with Gasteiger partial charge in [0.25, 0.3) is 0 Å². The second-order valence-corrected chi connectivity index (χ2v) is 6.91. The molecule has 0 saturated heterocycles. The van der Waals surface area contributed by atoms with Crippen LogP contribution in [0.15, 0.2) is 72.8 Å². The topological polar surface area (TPSA) is 0 Å². The van der Waals surface area contributed by atoms with Gasteiger partial charge in [-0.25, -0.2) is 0 Å². The van der Waals surface area contributed by atoms with Gasteiger partial charge in [0.2, 0.25) is 0 Å². The Morgan fingerprint density at radius 1 is 0.778 bits per heavy atom. The van der Waals surface area contributed by atoms with Gasteiger partial charge < -0.3 is 24.8 Å². The van der Waals surface area contributed by atoms with Crippen LogP contribution >= 0.6 is 0 Å². The molecule has 0 spiro atoms. The quantitative estimate of drug-likeness (QED) is 0.312. The van der Waals surface area contributed by atoms with Crippen molar-refractivity contribution in [1.29, 1.82) is 0 Å². The number of hydrogen-bond donors (Lipinski definition) is 0. The van der Waals surface area contributed by atoms with Gasteiger partial charge in [-0.1, -0.05) is 78.9 Å². The van der Waals surface area contributed by atoms with Crippen LogP contribution in [0.5, 0.6) is 0 Å². The zero-order valence-electron chi connectivity index (χ0n) is 15.0. The van der Waals surface area contributed by atoms with Gasteiger partial charge in [0.05, 0.1) is 0 Å². The molecule has 0 amide bonds. The molecule has 2 aliphatic carbocycles. The molecule has 0 nitrogen and oxygen atoms in total. The molecule has 0 N–H and O–H groups in total. The smallest absolute Gasteiger partial charge is 1.00 e. The largest absolute Gasteiger partial charge is 2.00 e. The second kappa shape index (κ2) is 9.37. The summed E-state index contributed by atoms with van der Waals surface area (Å²) in [6.45, 7) is 0. The van der Waals surface area contributed by atoms with Gasteiger partial charge in [0.1, 0.15) is 0 Å². The third-order valence-corrected chi connectivity index (χ3v) is 5.58. The first-order chi connectivity index (χ1) is 11.9. The van der Waals surface area contributed by atoms with Gasteiger partial charge in [0, 0.05) is 5.92 Å². The maximum atomic E-state index is 2.38. The summed E-state index contributed by atoms with van der Waals surface area (Å²) in [6.07, 6.45) is 8.10. The molecule has 3 aromatic carbocycles. The summed E-state index contributed by atoms with van der Waals surface area (Å²) in [6, 6.07) is 24.5. The summed E-state index contributed by atoms with van der Waals surface area (Å²) >= 11 is 0. The van der Waals surface area contributed by atoms with Crippen molar-refractivity contribution in [3.8, 4) is 11.1 Å². The van der Waals surface area contributed by atoms with Crippen molar-refractivity contribution in [2.24, 2.45) is 0 Å². The third-order valence-electron chi connectivity index (χ3n) is 5.58. The predicted molar refractivity (Wildman–Crippen MR) is 101 cm³/mol. The number of hydrogen-bond acceptors (Lipinski definition) is 0. The number of fused-ring (bicyclic) bond motifs is 4. The van der Waals surface area contributed by atoms with E-state index in [1.807, 2.05) is 0 Å². The fourth-order valence-electron chi connectivity index (χ4n) is 4.34. The van der Waals surface area contributed by atoms with E-state index in [2.05, 4.69) is 78.9 Å². The molecule has 2 aliphatic rings. The summed E-state index contributed by atoms with van der Waals surface area (Å²) in [4.78, 5) is 0. The van der Waals surface area contributed by atoms with Crippen molar-refractivity contribution in [2.75, 3.05) is 0 Å². The SMILES string of the molecule is C1=CC(CCc2cccc3c2Cc2ccccc2-3)c2ccccc21.[Cl-].[Cl-].[Hf+2]. The van der Waals surface area contributed by atoms with E-state index in [-0.39, 0.29) is 50.7 Å². The zero-order valence-corrected chi connectivity index (χ0v) is 20.1. The van der Waals surface area contributed by atoms with Gasteiger partial charge >= 0.3 is 25.8 Å². The molecule has 0 radical (unpaired) electrons. The van der Waals surface area contributed by atoms with Gasteiger partial charge in [-0.15, -0.1) is 0 Å². The van der Waals surface area contributed by atoms with Crippen LogP contribution in [0.3, 0.4) is 0 Å². The predicted octanol–water partition coefficient (Wildman–Crippen LogP) is 0.00650. The van der Waals surface area contributed by atoms with E-state index in [1.54, 1.807) is 5.56 Å². The van der Waals surface area contributed by atoms with Crippen LogP contribution in [0.4, 0.5) is 0 Å². The Balaban J connectivity index is 0.000000871. The number of benzene rings is 3. The van der Waals surface area contributed by atoms with Crippen LogP contribution < -0.4 is 24.8 Å². The molecule has 0 aliphatic heterocycles. The standard InChI is InChI=1S/C24H20.2ClH.Hf/c1-3-9-21-17(6-1)12-14-19(21)15-13-18-8-5-11-23-22-10-4-2-7-20(22)16-24(18)23;;;/h1-12,14,19H,13,15-16H2;2*1H;/q;;;+2/p-2. The van der Waals surface area contributed by atoms with Crippen LogP contribution in [0.25, 0.3) is 17.2 Å². The van der Waals surface area contributed by atoms with Crippen LogP contribution in [0.2, 0.25) is 0 Å². The molecule has 3 heteroatoms. The Morgan fingerprint density at radius 2 is 1.52 bits per heavy atom. The Kier molecular flexibility index (Phi) is 7.68. The maximum Gasteiger partial charge on any atom is 2.00 e. The first-order valence-electron chi connectivity index (χ1n) is 8.86. The molecule has 3 aromatic rings. The minimum absolute atomic E-state index is 0. The van der Waals surface area contributed by atoms with E-state index in [1.165, 1.54) is 39.8 Å². The number of rotatable bonds is 3. The molecular weight excluding hydrogens is 538 g/mol. The number of aryl methyl sites for hydroxylation is 1. The molecular formula is C24H20Cl2Hf. The summed E-state index contributed by atoms with van der Waals surface area (Å²) < 4.78 is 0. The summed E-state index contributed by atoms with van der Waals surface area (Å²) in [7, 11) is 0. The van der Waals surface area contributed by atoms with E-state index in [0.29, 0.717) is 5.92 Å². The second-order valence-electron chi connectivity index (χ2n) is 6.91. The van der Waals surface area contributed by atoms with Crippen molar-refractivity contribution in [1.82, 2.24) is 0 Å². The summed E-state index contributed by atoms with van der Waals surface area (Å²) in [5, 5.41) is 0. The zero-order chi connectivity index (χ0) is 15.9. The van der Waals surface area contributed by atoms with Crippen LogP contribution in [-0.2, 0) is 38.7 Å². The van der Waals surface area contributed by atoms with Gasteiger partial charge in [-0.3, -0.25) is 0 Å². The van der Waals surface area contributed by atoms with Crippen molar-refractivity contribution in [3.05, 3.63) is 101 Å². The molecule has 0 saturated carbocycles. The minimum atomic E-state index is 0. The fraction of sp³-hybridized carbons (Fsp3) is 0.167. The minimum Gasteiger partial charge on any atom is -1.00 e. The maximum absolute atomic E-state index is 2.38. The van der Waals surface area contributed by atoms with Crippen LogP contribution in [0.1, 0.15) is 40.2 Å². The Hall–Kier alpha value is -1.15. The number of halogens is 2. The molecule has 134 valence electrons. The Labute approximate surface area is 192 Å². The van der Waals surface area contributed by atoms with Crippen molar-refractivity contribution in [2.45, 2.75) is 25.2 Å². The molecule has 0 fully saturated rings. The van der Waals surface area contributed by atoms with Crippen LogP contribution in [0, 0.1) is 0 Å². The van der Waals surface area contributed by atoms with Crippen molar-refractivity contribution in [3.63, 3.8) is 0 Å². The van der Waals surface area contributed by atoms with Gasteiger partial charge in [-0.2, -0.15) is 0 Å². The van der Waals surface area contributed by atoms with E-state index in [9.17, 15) is 0 Å². The molecule has 0 bridgehead atoms. The molecule has 1 unspecified atom stereocenters. The van der Waals surface area contributed by atoms with Crippen molar-refractivity contribution >= 4 is 6.08 Å². The monoisotopic (exact) mass is 558 g/mol. The van der Waals surface area contributed by atoms with E-state index in [0.717, 1.165) is 12.8 Å². The average Bonchev–Trinajstić information content (AvgIpc) is 3.21. The third kappa shape index (κ3) is 4.01. The van der Waals surface area contributed by atoms with E-state index < -0.39 is 0 Å². The first kappa shape index (κ1) is 22.1. The first-order valence-corrected chi connectivity index (χ1v) is 8.86. The van der Waals surface area contributed by atoms with Gasteiger partial charge in [0.15, 0.2) is 0 Å². The molecule has 0 heterocycles. The molecule has 0 aromatic heterocycles. The normalized spacial score (nSPS) is 14.9. The Morgan fingerprint density at radius 3 is 2.41 bits per heavy atom. The summed E-state index contributed by atoms with van der Waals surface area (Å²) in [5.74, 6) is 0.570. The molecule has 5 rings (SSSR count). The Bertz CT molecular complexity index is 962. The van der Waals surface area contributed by atoms with Crippen molar-refractivity contribution < 1.29 is 50.7 Å². The average molecular weight is 558 g/mol. The fourth-order valence-corrected chi connectivity index (χ4v) is 4.34. The van der Waals surface area contributed by atoms with E-state index >= 15 is 0 Å². The number of allylic oxidation sites excluding steroid dienone is 1. The van der Waals surface area contributed by atoms with Crippen LogP contribution in [-0.4, -0.2) is 0 Å². The molecule has 1 atom stereocenters. The summed E-state index contributed by atoms with van der Waals surface area (Å²) in [5.41, 5.74) is 10.3.